The van der Waals surface area contributed by atoms with E-state index in [1.807, 2.05) is 19.1 Å². The molecular weight excluding hydrogens is 334 g/mol. The molecule has 26 heavy (non-hydrogen) atoms. The Morgan fingerprint density at radius 2 is 2.04 bits per heavy atom. The van der Waals surface area contributed by atoms with E-state index in [0.29, 0.717) is 11.3 Å². The van der Waals surface area contributed by atoms with Gasteiger partial charge < -0.3 is 10.1 Å². The molecular formula is C19H23N3O4. The number of hydrogen-bond donors (Lipinski definition) is 1. The predicted octanol–water partition coefficient (Wildman–Crippen LogP) is 1.74. The predicted molar refractivity (Wildman–Crippen MR) is 95.6 cm³/mol. The number of aromatic nitrogens is 2. The normalized spacial score (nSPS) is 15.0. The third kappa shape index (κ3) is 4.28. The lowest BCUT2D eigenvalue weighted by Gasteiger charge is -2.20. The Morgan fingerprint density at radius 1 is 1.27 bits per heavy atom. The van der Waals surface area contributed by atoms with E-state index in [-0.39, 0.29) is 30.5 Å². The fourth-order valence-corrected chi connectivity index (χ4v) is 3.31. The Balaban J connectivity index is 1.53. The molecule has 0 unspecified atom stereocenters. The summed E-state index contributed by atoms with van der Waals surface area (Å²) in [6.45, 7) is 1.56. The van der Waals surface area contributed by atoms with Crippen molar-refractivity contribution in [3.8, 4) is 0 Å². The summed E-state index contributed by atoms with van der Waals surface area (Å²) in [5, 5.41) is 2.64. The molecule has 1 aliphatic carbocycles. The highest BCUT2D eigenvalue weighted by atomic mass is 16.5. The number of aryl methyl sites for hydroxylation is 1. The molecule has 7 nitrogen and oxygen atoms in total. The average molecular weight is 357 g/mol. The maximum absolute atomic E-state index is 12.2. The van der Waals surface area contributed by atoms with Crippen LogP contribution in [0.3, 0.4) is 0 Å². The number of rotatable bonds is 5. The summed E-state index contributed by atoms with van der Waals surface area (Å²) < 4.78 is 6.63. The third-order valence-electron chi connectivity index (χ3n) is 4.70. The fraction of sp³-hybridized carbons (Fsp3) is 0.474. The molecule has 138 valence electrons. The van der Waals surface area contributed by atoms with Crippen molar-refractivity contribution in [1.29, 1.82) is 0 Å². The zero-order valence-corrected chi connectivity index (χ0v) is 14.9. The Kier molecular flexibility index (Phi) is 5.65. The number of nitrogens with one attached hydrogen (secondary N) is 1. The molecule has 1 amide bonds. The van der Waals surface area contributed by atoms with E-state index in [1.165, 1.54) is 16.9 Å². The summed E-state index contributed by atoms with van der Waals surface area (Å²) in [4.78, 5) is 40.4. The molecule has 0 saturated heterocycles. The molecule has 1 aliphatic rings. The first-order chi connectivity index (χ1) is 12.5. The largest absolute Gasteiger partial charge is 0.458 e. The molecule has 1 saturated carbocycles. The lowest BCUT2D eigenvalue weighted by Crippen LogP contribution is -2.36. The maximum Gasteiger partial charge on any atom is 0.325 e. The van der Waals surface area contributed by atoms with Crippen LogP contribution in [0, 0.1) is 12.8 Å². The number of carbonyl (C=O) groups excluding carboxylic acids is 2. The van der Waals surface area contributed by atoms with Crippen LogP contribution in [0.4, 0.5) is 0 Å². The van der Waals surface area contributed by atoms with Crippen LogP contribution in [0.2, 0.25) is 0 Å². The van der Waals surface area contributed by atoms with Gasteiger partial charge in [-0.15, -0.1) is 0 Å². The second-order valence-corrected chi connectivity index (χ2v) is 6.66. The maximum atomic E-state index is 12.2. The van der Waals surface area contributed by atoms with Gasteiger partial charge in [-0.2, -0.15) is 0 Å². The number of fused-ring (bicyclic) bond motifs is 1. The van der Waals surface area contributed by atoms with Gasteiger partial charge in [-0.3, -0.25) is 18.8 Å². The second kappa shape index (κ2) is 8.12. The van der Waals surface area contributed by atoms with E-state index in [2.05, 4.69) is 10.3 Å². The summed E-state index contributed by atoms with van der Waals surface area (Å²) >= 11 is 0. The molecule has 7 heteroatoms. The van der Waals surface area contributed by atoms with E-state index in [9.17, 15) is 14.4 Å². The molecule has 1 N–H and O–H groups in total. The van der Waals surface area contributed by atoms with Crippen LogP contribution in [0.25, 0.3) is 5.65 Å². The zero-order valence-electron chi connectivity index (χ0n) is 14.9. The van der Waals surface area contributed by atoms with Gasteiger partial charge in [-0.1, -0.05) is 25.3 Å². The average Bonchev–Trinajstić information content (AvgIpc) is 2.65. The van der Waals surface area contributed by atoms with Crippen molar-refractivity contribution >= 4 is 17.5 Å². The number of nitrogens with zero attached hydrogens (tertiary/aromatic N) is 2. The summed E-state index contributed by atoms with van der Waals surface area (Å²) in [7, 11) is 0. The molecule has 2 aromatic heterocycles. The topological polar surface area (TPSA) is 89.8 Å². The third-order valence-corrected chi connectivity index (χ3v) is 4.70. The quantitative estimate of drug-likeness (QED) is 0.824. The van der Waals surface area contributed by atoms with E-state index in [4.69, 9.17) is 4.74 Å². The number of esters is 1. The van der Waals surface area contributed by atoms with Crippen LogP contribution in [-0.4, -0.2) is 27.8 Å². The van der Waals surface area contributed by atoms with Gasteiger partial charge in [-0.05, 0) is 31.9 Å². The molecule has 2 aromatic rings. The van der Waals surface area contributed by atoms with Crippen molar-refractivity contribution in [3.05, 3.63) is 46.0 Å². The van der Waals surface area contributed by atoms with E-state index < -0.39 is 5.97 Å². The van der Waals surface area contributed by atoms with Crippen molar-refractivity contribution < 1.29 is 14.3 Å². The number of amides is 1. The van der Waals surface area contributed by atoms with Crippen LogP contribution >= 0.6 is 0 Å². The van der Waals surface area contributed by atoms with Crippen LogP contribution in [0.15, 0.2) is 29.1 Å². The number of ether oxygens (including phenoxy) is 1. The molecule has 0 atom stereocenters. The zero-order chi connectivity index (χ0) is 18.5. The van der Waals surface area contributed by atoms with Crippen molar-refractivity contribution in [3.63, 3.8) is 0 Å². The SMILES string of the molecule is Cc1cccc2nc(COC(=O)CNC(=O)C3CCCCC3)cc(=O)n12. The molecule has 0 spiro atoms. The van der Waals surface area contributed by atoms with Crippen molar-refractivity contribution in [2.24, 2.45) is 5.92 Å². The monoisotopic (exact) mass is 357 g/mol. The number of pyridine rings is 1. The lowest BCUT2D eigenvalue weighted by molar-refractivity contribution is -0.145. The standard InChI is InChI=1S/C19H23N3O4/c1-13-6-5-9-16-21-15(10-17(23)22(13)16)12-26-18(24)11-20-19(25)14-7-3-2-4-8-14/h5-6,9-10,14H,2-4,7-8,11-12H2,1H3,(H,20,25). The first kappa shape index (κ1) is 18.1. The van der Waals surface area contributed by atoms with E-state index in [1.54, 1.807) is 6.07 Å². The smallest absolute Gasteiger partial charge is 0.325 e. The highest BCUT2D eigenvalue weighted by Crippen LogP contribution is 2.23. The van der Waals surface area contributed by atoms with E-state index in [0.717, 1.165) is 31.4 Å². The first-order valence-electron chi connectivity index (χ1n) is 8.96. The summed E-state index contributed by atoms with van der Waals surface area (Å²) in [5.41, 5.74) is 1.46. The summed E-state index contributed by atoms with van der Waals surface area (Å²) in [5.74, 6) is -0.624. The molecule has 0 radical (unpaired) electrons. The van der Waals surface area contributed by atoms with Gasteiger partial charge in [-0.25, -0.2) is 4.98 Å². The Bertz CT molecular complexity index is 869. The fourth-order valence-electron chi connectivity index (χ4n) is 3.31. The Labute approximate surface area is 151 Å². The molecule has 0 aromatic carbocycles. The van der Waals surface area contributed by atoms with Gasteiger partial charge in [0, 0.05) is 17.7 Å². The number of carbonyl (C=O) groups is 2. The van der Waals surface area contributed by atoms with Crippen LogP contribution < -0.4 is 10.9 Å². The number of hydrogen-bond acceptors (Lipinski definition) is 5. The minimum atomic E-state index is -0.541. The van der Waals surface area contributed by atoms with Crippen LogP contribution in [0.1, 0.15) is 43.5 Å². The lowest BCUT2D eigenvalue weighted by atomic mass is 9.89. The van der Waals surface area contributed by atoms with Gasteiger partial charge in [0.15, 0.2) is 0 Å². The Hall–Kier alpha value is -2.70. The van der Waals surface area contributed by atoms with Crippen LogP contribution in [-0.2, 0) is 20.9 Å². The van der Waals surface area contributed by atoms with Crippen molar-refractivity contribution in [1.82, 2.24) is 14.7 Å². The minimum absolute atomic E-state index is 0.00184. The van der Waals surface area contributed by atoms with Crippen molar-refractivity contribution in [2.75, 3.05) is 6.54 Å². The Morgan fingerprint density at radius 3 is 2.81 bits per heavy atom. The second-order valence-electron chi connectivity index (χ2n) is 6.66. The van der Waals surface area contributed by atoms with Gasteiger partial charge >= 0.3 is 5.97 Å². The molecule has 1 fully saturated rings. The van der Waals surface area contributed by atoms with Crippen LogP contribution in [0.5, 0.6) is 0 Å². The molecule has 0 bridgehead atoms. The van der Waals surface area contributed by atoms with Gasteiger partial charge in [0.2, 0.25) is 5.91 Å². The highest BCUT2D eigenvalue weighted by molar-refractivity contribution is 5.83. The van der Waals surface area contributed by atoms with E-state index >= 15 is 0 Å². The van der Waals surface area contributed by atoms with Gasteiger partial charge in [0.25, 0.3) is 5.56 Å². The van der Waals surface area contributed by atoms with Crippen molar-refractivity contribution in [2.45, 2.75) is 45.6 Å². The van der Waals surface area contributed by atoms with Gasteiger partial charge in [0.05, 0.1) is 5.69 Å². The molecule has 3 rings (SSSR count). The molecule has 2 heterocycles. The summed E-state index contributed by atoms with van der Waals surface area (Å²) in [6.07, 6.45) is 5.05. The summed E-state index contributed by atoms with van der Waals surface area (Å²) in [6, 6.07) is 6.72. The first-order valence-corrected chi connectivity index (χ1v) is 8.96. The highest BCUT2D eigenvalue weighted by Gasteiger charge is 2.21. The minimum Gasteiger partial charge on any atom is -0.458 e. The molecule has 0 aliphatic heterocycles. The van der Waals surface area contributed by atoms with Gasteiger partial charge in [0.1, 0.15) is 18.8 Å².